The van der Waals surface area contributed by atoms with Crippen LogP contribution in [-0.2, 0) is 0 Å². The second-order valence-corrected chi connectivity index (χ2v) is 5.30. The summed E-state index contributed by atoms with van der Waals surface area (Å²) in [5.74, 6) is 0.197. The molecule has 22 heavy (non-hydrogen) atoms. The number of H-pyrrole nitrogens is 2. The topological polar surface area (TPSA) is 100 Å². The van der Waals surface area contributed by atoms with E-state index in [0.717, 1.165) is 27.5 Å². The third-order valence-electron chi connectivity index (χ3n) is 3.71. The maximum atomic E-state index is 11.4. The van der Waals surface area contributed by atoms with Crippen LogP contribution in [0.15, 0.2) is 36.4 Å². The smallest absolute Gasteiger partial charge is 0.248 e. The van der Waals surface area contributed by atoms with Gasteiger partial charge in [-0.15, -0.1) is 0 Å². The highest BCUT2D eigenvalue weighted by atomic mass is 16.1. The Labute approximate surface area is 125 Å². The fourth-order valence-electron chi connectivity index (χ4n) is 2.58. The van der Waals surface area contributed by atoms with Crippen LogP contribution in [0.2, 0.25) is 0 Å². The Morgan fingerprint density at radius 1 is 1.14 bits per heavy atom. The summed E-state index contributed by atoms with van der Waals surface area (Å²) in [6.07, 6.45) is 0. The van der Waals surface area contributed by atoms with Gasteiger partial charge in [0.2, 0.25) is 5.91 Å². The van der Waals surface area contributed by atoms with Crippen molar-refractivity contribution >= 4 is 27.8 Å². The van der Waals surface area contributed by atoms with Gasteiger partial charge >= 0.3 is 0 Å². The number of aromatic nitrogens is 4. The molecule has 6 nitrogen and oxygen atoms in total. The van der Waals surface area contributed by atoms with Gasteiger partial charge in [-0.3, -0.25) is 9.89 Å². The maximum Gasteiger partial charge on any atom is 0.248 e. The van der Waals surface area contributed by atoms with E-state index in [0.29, 0.717) is 17.1 Å². The van der Waals surface area contributed by atoms with E-state index in [-0.39, 0.29) is 0 Å². The molecule has 0 atom stereocenters. The predicted octanol–water partition coefficient (Wildman–Crippen LogP) is 2.51. The zero-order valence-corrected chi connectivity index (χ0v) is 11.8. The minimum atomic E-state index is -0.464. The average molecular weight is 291 g/mol. The van der Waals surface area contributed by atoms with Gasteiger partial charge in [0.1, 0.15) is 5.69 Å². The summed E-state index contributed by atoms with van der Waals surface area (Å²) in [6, 6.07) is 11.2. The molecule has 108 valence electrons. The fraction of sp³-hybridized carbons (Fsp3) is 0.0625. The zero-order chi connectivity index (χ0) is 15.3. The molecule has 2 heterocycles. The van der Waals surface area contributed by atoms with Crippen molar-refractivity contribution in [2.75, 3.05) is 0 Å². The standard InChI is InChI=1S/C16H13N5O/c1-8-2-4-12-13(6-8)19-16(18-12)14-10-7-9(15(17)22)3-5-11(10)20-21-14/h2-7H,1H3,(H2,17,22)(H,18,19)(H,20,21). The summed E-state index contributed by atoms with van der Waals surface area (Å²) < 4.78 is 0. The van der Waals surface area contributed by atoms with E-state index in [4.69, 9.17) is 5.73 Å². The van der Waals surface area contributed by atoms with Crippen LogP contribution < -0.4 is 5.73 Å². The summed E-state index contributed by atoms with van der Waals surface area (Å²) >= 11 is 0. The third-order valence-corrected chi connectivity index (χ3v) is 3.71. The Morgan fingerprint density at radius 2 is 2.00 bits per heavy atom. The first-order valence-electron chi connectivity index (χ1n) is 6.86. The minimum absolute atomic E-state index is 0.446. The van der Waals surface area contributed by atoms with Crippen molar-refractivity contribution in [1.82, 2.24) is 20.2 Å². The zero-order valence-electron chi connectivity index (χ0n) is 11.8. The number of aromatic amines is 2. The Morgan fingerprint density at radius 3 is 2.82 bits per heavy atom. The maximum absolute atomic E-state index is 11.4. The molecule has 0 spiro atoms. The van der Waals surface area contributed by atoms with Gasteiger partial charge in [0.25, 0.3) is 0 Å². The highest BCUT2D eigenvalue weighted by Gasteiger charge is 2.14. The van der Waals surface area contributed by atoms with Gasteiger partial charge in [-0.1, -0.05) is 6.07 Å². The van der Waals surface area contributed by atoms with Crippen molar-refractivity contribution in [1.29, 1.82) is 0 Å². The molecular weight excluding hydrogens is 278 g/mol. The van der Waals surface area contributed by atoms with Crippen molar-refractivity contribution in [3.05, 3.63) is 47.5 Å². The number of rotatable bonds is 2. The minimum Gasteiger partial charge on any atom is -0.366 e. The molecule has 2 aromatic carbocycles. The fourth-order valence-corrected chi connectivity index (χ4v) is 2.58. The first-order chi connectivity index (χ1) is 10.6. The molecule has 0 aliphatic carbocycles. The van der Waals surface area contributed by atoms with Crippen molar-refractivity contribution < 1.29 is 4.79 Å². The molecule has 0 aliphatic rings. The largest absolute Gasteiger partial charge is 0.366 e. The first kappa shape index (κ1) is 12.6. The highest BCUT2D eigenvalue weighted by molar-refractivity contribution is 6.00. The van der Waals surface area contributed by atoms with Crippen LogP contribution in [0.1, 0.15) is 15.9 Å². The summed E-state index contributed by atoms with van der Waals surface area (Å²) in [5.41, 5.74) is 10.3. The summed E-state index contributed by atoms with van der Waals surface area (Å²) in [7, 11) is 0. The van der Waals surface area contributed by atoms with Crippen molar-refractivity contribution in [3.8, 4) is 11.5 Å². The molecule has 0 saturated heterocycles. The Bertz CT molecular complexity index is 1030. The number of nitrogens with zero attached hydrogens (tertiary/aromatic N) is 2. The molecule has 1 amide bonds. The van der Waals surface area contributed by atoms with Crippen LogP contribution >= 0.6 is 0 Å². The van der Waals surface area contributed by atoms with E-state index in [1.807, 2.05) is 25.1 Å². The van der Waals surface area contributed by atoms with Gasteiger partial charge in [0, 0.05) is 10.9 Å². The number of amides is 1. The van der Waals surface area contributed by atoms with Gasteiger partial charge < -0.3 is 10.7 Å². The van der Waals surface area contributed by atoms with Gasteiger partial charge in [-0.2, -0.15) is 5.10 Å². The molecule has 4 aromatic rings. The molecule has 0 unspecified atom stereocenters. The lowest BCUT2D eigenvalue weighted by Crippen LogP contribution is -2.10. The quantitative estimate of drug-likeness (QED) is 0.529. The predicted molar refractivity (Wildman–Crippen MR) is 84.4 cm³/mol. The number of benzene rings is 2. The van der Waals surface area contributed by atoms with Crippen LogP contribution in [0, 0.1) is 6.92 Å². The van der Waals surface area contributed by atoms with E-state index in [9.17, 15) is 4.79 Å². The monoisotopic (exact) mass is 291 g/mol. The van der Waals surface area contributed by atoms with Crippen molar-refractivity contribution in [2.45, 2.75) is 6.92 Å². The van der Waals surface area contributed by atoms with Gasteiger partial charge in [-0.25, -0.2) is 4.98 Å². The number of hydrogen-bond donors (Lipinski definition) is 3. The number of carbonyl (C=O) groups excluding carboxylic acids is 1. The van der Waals surface area contributed by atoms with Crippen LogP contribution in [0.5, 0.6) is 0 Å². The lowest BCUT2D eigenvalue weighted by molar-refractivity contribution is 0.100. The van der Waals surface area contributed by atoms with Crippen molar-refractivity contribution in [3.63, 3.8) is 0 Å². The third kappa shape index (κ3) is 1.85. The van der Waals surface area contributed by atoms with Gasteiger partial charge in [0.15, 0.2) is 5.82 Å². The Hall–Kier alpha value is -3.15. The van der Waals surface area contributed by atoms with E-state index in [1.54, 1.807) is 18.2 Å². The number of primary amides is 1. The average Bonchev–Trinajstić information content (AvgIpc) is 3.08. The second-order valence-electron chi connectivity index (χ2n) is 5.30. The van der Waals surface area contributed by atoms with Crippen molar-refractivity contribution in [2.24, 2.45) is 5.73 Å². The Balaban J connectivity index is 1.95. The lowest BCUT2D eigenvalue weighted by atomic mass is 10.1. The van der Waals surface area contributed by atoms with E-state index in [2.05, 4.69) is 20.2 Å². The number of imidazole rings is 1. The van der Waals surface area contributed by atoms with Gasteiger partial charge in [-0.05, 0) is 42.8 Å². The van der Waals surface area contributed by atoms with Crippen LogP contribution in [-0.4, -0.2) is 26.1 Å². The highest BCUT2D eigenvalue weighted by Crippen LogP contribution is 2.27. The molecule has 2 aromatic heterocycles. The first-order valence-corrected chi connectivity index (χ1v) is 6.86. The SMILES string of the molecule is Cc1ccc2nc(-c3n[nH]c4ccc(C(N)=O)cc34)[nH]c2c1. The van der Waals surface area contributed by atoms with E-state index < -0.39 is 5.91 Å². The molecule has 0 fully saturated rings. The number of fused-ring (bicyclic) bond motifs is 2. The molecule has 0 aliphatic heterocycles. The van der Waals surface area contributed by atoms with Crippen LogP contribution in [0.3, 0.4) is 0 Å². The second kappa shape index (κ2) is 4.42. The van der Waals surface area contributed by atoms with Crippen LogP contribution in [0.25, 0.3) is 33.5 Å². The molecule has 0 radical (unpaired) electrons. The molecule has 4 rings (SSSR count). The molecule has 0 bridgehead atoms. The molecular formula is C16H13N5O. The summed E-state index contributed by atoms with van der Waals surface area (Å²) in [4.78, 5) is 19.2. The molecule has 4 N–H and O–H groups in total. The number of nitrogens with two attached hydrogens (primary N) is 1. The normalized spacial score (nSPS) is 11.3. The molecule has 6 heteroatoms. The van der Waals surface area contributed by atoms with E-state index >= 15 is 0 Å². The molecule has 0 saturated carbocycles. The Kier molecular flexibility index (Phi) is 2.53. The summed E-state index contributed by atoms with van der Waals surface area (Å²) in [5, 5.41) is 8.07. The number of carbonyl (C=O) groups is 1. The number of hydrogen-bond acceptors (Lipinski definition) is 3. The number of nitrogens with one attached hydrogen (secondary N) is 2. The van der Waals surface area contributed by atoms with Gasteiger partial charge in [0.05, 0.1) is 16.6 Å². The van der Waals surface area contributed by atoms with E-state index in [1.165, 1.54) is 0 Å². The summed E-state index contributed by atoms with van der Waals surface area (Å²) in [6.45, 7) is 2.03. The lowest BCUT2D eigenvalue weighted by Gasteiger charge is -1.96. The van der Waals surface area contributed by atoms with Crippen LogP contribution in [0.4, 0.5) is 0 Å². The number of aryl methyl sites for hydroxylation is 1.